The van der Waals surface area contributed by atoms with Gasteiger partial charge in [0.25, 0.3) is 0 Å². The maximum atomic E-state index is 12.9. The van der Waals surface area contributed by atoms with E-state index in [0.29, 0.717) is 5.41 Å². The number of unbranched alkanes of at least 4 members (excludes halogenated alkanes) is 5. The van der Waals surface area contributed by atoms with Gasteiger partial charge in [-0.3, -0.25) is 4.79 Å². The molecule has 3 fully saturated rings. The molecule has 0 spiro atoms. The molecule has 0 radical (unpaired) electrons. The van der Waals surface area contributed by atoms with Crippen LogP contribution in [0.3, 0.4) is 0 Å². The van der Waals surface area contributed by atoms with Gasteiger partial charge in [0.15, 0.2) is 0 Å². The normalized spacial score (nSPS) is 32.1. The second-order valence-electron chi connectivity index (χ2n) is 11.8. The molecule has 0 aromatic carbocycles. The van der Waals surface area contributed by atoms with Crippen LogP contribution in [-0.2, 0) is 4.79 Å². The van der Waals surface area contributed by atoms with Crippen molar-refractivity contribution in [1.29, 1.82) is 0 Å². The van der Waals surface area contributed by atoms with Crippen LogP contribution < -0.4 is 0 Å². The monoisotopic (exact) mass is 432 g/mol. The van der Waals surface area contributed by atoms with Gasteiger partial charge in [0.05, 0.1) is 5.41 Å². The quantitative estimate of drug-likeness (QED) is 0.330. The average molecular weight is 433 g/mol. The zero-order valence-corrected chi connectivity index (χ0v) is 21.0. The van der Waals surface area contributed by atoms with E-state index in [2.05, 4.69) is 13.8 Å². The van der Waals surface area contributed by atoms with Crippen LogP contribution in [0.2, 0.25) is 0 Å². The highest BCUT2D eigenvalue weighted by Crippen LogP contribution is 2.64. The molecule has 180 valence electrons. The summed E-state index contributed by atoms with van der Waals surface area (Å²) in [6.45, 7) is 4.71. The van der Waals surface area contributed by atoms with Gasteiger partial charge in [-0.1, -0.05) is 97.3 Å². The van der Waals surface area contributed by atoms with Gasteiger partial charge in [0.1, 0.15) is 0 Å². The molecule has 0 aromatic rings. The highest BCUT2D eigenvalue weighted by Gasteiger charge is 2.58. The highest BCUT2D eigenvalue weighted by atomic mass is 16.4. The van der Waals surface area contributed by atoms with Crippen molar-refractivity contribution >= 4 is 5.97 Å². The smallest absolute Gasteiger partial charge is 0.310 e. The van der Waals surface area contributed by atoms with Crippen LogP contribution in [0.1, 0.15) is 155 Å². The Morgan fingerprint density at radius 2 is 1.32 bits per heavy atom. The molecule has 2 nitrogen and oxygen atoms in total. The summed E-state index contributed by atoms with van der Waals surface area (Å²) >= 11 is 0. The van der Waals surface area contributed by atoms with Gasteiger partial charge >= 0.3 is 5.97 Å². The molecule has 3 saturated carbocycles. The fourth-order valence-corrected chi connectivity index (χ4v) is 8.33. The number of carboxylic acid groups (broad SMARTS) is 1. The van der Waals surface area contributed by atoms with Crippen LogP contribution in [0.5, 0.6) is 0 Å². The van der Waals surface area contributed by atoms with Crippen molar-refractivity contribution in [2.24, 2.45) is 22.2 Å². The molecule has 0 amide bonds. The lowest BCUT2D eigenvalue weighted by molar-refractivity contribution is -0.171. The van der Waals surface area contributed by atoms with Crippen molar-refractivity contribution in [3.05, 3.63) is 0 Å². The summed E-state index contributed by atoms with van der Waals surface area (Å²) in [6.07, 6.45) is 27.9. The zero-order chi connectivity index (χ0) is 22.2. The SMILES string of the molecule is CCCCCCCCC1(C2(C(=O)O)CCCCC2)CCC(CC)(C2CCCCC2)CC1. The second-order valence-corrected chi connectivity index (χ2v) is 11.8. The molecule has 0 aromatic heterocycles. The molecule has 0 bridgehead atoms. The number of hydrogen-bond donors (Lipinski definition) is 1. The summed E-state index contributed by atoms with van der Waals surface area (Å²) in [7, 11) is 0. The van der Waals surface area contributed by atoms with E-state index < -0.39 is 11.4 Å². The second kappa shape index (κ2) is 11.6. The van der Waals surface area contributed by atoms with Crippen LogP contribution >= 0.6 is 0 Å². The van der Waals surface area contributed by atoms with E-state index in [1.807, 2.05) is 0 Å². The van der Waals surface area contributed by atoms with E-state index in [1.54, 1.807) is 0 Å². The molecule has 3 rings (SSSR count). The molecule has 0 aliphatic heterocycles. The molecule has 0 heterocycles. The van der Waals surface area contributed by atoms with Gasteiger partial charge in [0, 0.05) is 0 Å². The summed E-state index contributed by atoms with van der Waals surface area (Å²) in [5, 5.41) is 10.6. The first-order valence-electron chi connectivity index (χ1n) is 14.3. The van der Waals surface area contributed by atoms with Crippen LogP contribution in [0.25, 0.3) is 0 Å². The van der Waals surface area contributed by atoms with Gasteiger partial charge in [-0.25, -0.2) is 0 Å². The highest BCUT2D eigenvalue weighted by molar-refractivity contribution is 5.76. The van der Waals surface area contributed by atoms with Crippen LogP contribution in [0.15, 0.2) is 0 Å². The van der Waals surface area contributed by atoms with Crippen LogP contribution in [0.4, 0.5) is 0 Å². The van der Waals surface area contributed by atoms with Gasteiger partial charge in [-0.2, -0.15) is 0 Å². The Kier molecular flexibility index (Phi) is 9.35. The number of rotatable bonds is 11. The Hall–Kier alpha value is -0.530. The molecule has 0 saturated heterocycles. The van der Waals surface area contributed by atoms with Crippen molar-refractivity contribution < 1.29 is 9.90 Å². The Balaban J connectivity index is 1.76. The number of carboxylic acids is 1. The molecule has 2 heteroatoms. The van der Waals surface area contributed by atoms with E-state index in [-0.39, 0.29) is 5.41 Å². The minimum absolute atomic E-state index is 0.0668. The summed E-state index contributed by atoms with van der Waals surface area (Å²) in [5.74, 6) is 0.463. The third-order valence-electron chi connectivity index (χ3n) is 10.5. The van der Waals surface area contributed by atoms with Crippen molar-refractivity contribution in [3.8, 4) is 0 Å². The minimum atomic E-state index is -0.445. The molecule has 3 aliphatic rings. The third-order valence-corrected chi connectivity index (χ3v) is 10.5. The molecule has 0 atom stereocenters. The van der Waals surface area contributed by atoms with Gasteiger partial charge < -0.3 is 5.11 Å². The van der Waals surface area contributed by atoms with Gasteiger partial charge in [-0.15, -0.1) is 0 Å². The average Bonchev–Trinajstić information content (AvgIpc) is 2.82. The fourth-order valence-electron chi connectivity index (χ4n) is 8.33. The Labute approximate surface area is 193 Å². The molecule has 0 unspecified atom stereocenters. The first-order valence-corrected chi connectivity index (χ1v) is 14.3. The predicted octanol–water partition coefficient (Wildman–Crippen LogP) is 9.31. The van der Waals surface area contributed by atoms with E-state index >= 15 is 0 Å². The minimum Gasteiger partial charge on any atom is -0.481 e. The number of aliphatic carboxylic acids is 1. The summed E-state index contributed by atoms with van der Waals surface area (Å²) in [4.78, 5) is 12.9. The van der Waals surface area contributed by atoms with Gasteiger partial charge in [0.2, 0.25) is 0 Å². The van der Waals surface area contributed by atoms with Crippen LogP contribution in [-0.4, -0.2) is 11.1 Å². The van der Waals surface area contributed by atoms with Crippen molar-refractivity contribution in [1.82, 2.24) is 0 Å². The lowest BCUT2D eigenvalue weighted by Crippen LogP contribution is -2.53. The van der Waals surface area contributed by atoms with Gasteiger partial charge in [-0.05, 0) is 74.5 Å². The third kappa shape index (κ3) is 5.35. The van der Waals surface area contributed by atoms with Crippen molar-refractivity contribution in [2.45, 2.75) is 155 Å². The fraction of sp³-hybridized carbons (Fsp3) is 0.966. The first-order chi connectivity index (χ1) is 15.0. The summed E-state index contributed by atoms with van der Waals surface area (Å²) in [6, 6.07) is 0. The summed E-state index contributed by atoms with van der Waals surface area (Å²) in [5.41, 5.74) is 0.151. The topological polar surface area (TPSA) is 37.3 Å². The molecular formula is C29H52O2. The number of carbonyl (C=O) groups is 1. The van der Waals surface area contributed by atoms with Crippen molar-refractivity contribution in [3.63, 3.8) is 0 Å². The Morgan fingerprint density at radius 3 is 1.90 bits per heavy atom. The van der Waals surface area contributed by atoms with Crippen LogP contribution in [0, 0.1) is 22.2 Å². The molecule has 1 N–H and O–H groups in total. The maximum absolute atomic E-state index is 12.9. The van der Waals surface area contributed by atoms with E-state index in [9.17, 15) is 9.90 Å². The summed E-state index contributed by atoms with van der Waals surface area (Å²) < 4.78 is 0. The van der Waals surface area contributed by atoms with E-state index in [4.69, 9.17) is 0 Å². The van der Waals surface area contributed by atoms with E-state index in [1.165, 1.54) is 116 Å². The molecular weight excluding hydrogens is 380 g/mol. The van der Waals surface area contributed by atoms with E-state index in [0.717, 1.165) is 31.6 Å². The Bertz CT molecular complexity index is 531. The molecule has 31 heavy (non-hydrogen) atoms. The maximum Gasteiger partial charge on any atom is 0.310 e. The zero-order valence-electron chi connectivity index (χ0n) is 21.0. The largest absolute Gasteiger partial charge is 0.481 e. The lowest BCUT2D eigenvalue weighted by atomic mass is 9.46. The lowest BCUT2D eigenvalue weighted by Gasteiger charge is -2.57. The predicted molar refractivity (Wildman–Crippen MR) is 131 cm³/mol. The van der Waals surface area contributed by atoms with Crippen molar-refractivity contribution in [2.75, 3.05) is 0 Å². The standard InChI is InChI=1S/C29H52O2/c1-3-5-6-7-8-13-18-28(29(26(30)31)19-14-10-15-20-29)23-21-27(4-2,22-24-28)25-16-11-9-12-17-25/h25H,3-24H2,1-2H3,(H,30,31). The molecule has 3 aliphatic carbocycles. The Morgan fingerprint density at radius 1 is 0.742 bits per heavy atom. The first kappa shape index (κ1) is 25.1. The number of hydrogen-bond acceptors (Lipinski definition) is 1.